The van der Waals surface area contributed by atoms with Crippen LogP contribution in [0.1, 0.15) is 26.4 Å². The molecule has 3 aromatic carbocycles. The van der Waals surface area contributed by atoms with Crippen molar-refractivity contribution in [3.63, 3.8) is 0 Å². The molecule has 0 aliphatic heterocycles. The third-order valence-electron chi connectivity index (χ3n) is 4.58. The van der Waals surface area contributed by atoms with E-state index in [-0.39, 0.29) is 16.6 Å². The summed E-state index contributed by atoms with van der Waals surface area (Å²) in [6.45, 7) is 1.79. The molecule has 8 heteroatoms. The minimum atomic E-state index is -0.720. The molecule has 6 N–H and O–H groups in total. The summed E-state index contributed by atoms with van der Waals surface area (Å²) < 4.78 is 0. The van der Waals surface area contributed by atoms with Crippen LogP contribution in [-0.2, 0) is 0 Å². The van der Waals surface area contributed by atoms with Crippen LogP contribution < -0.4 is 22.1 Å². The van der Waals surface area contributed by atoms with E-state index in [1.54, 1.807) is 25.1 Å². The molecule has 1 aromatic heterocycles. The molecule has 2 amide bonds. The van der Waals surface area contributed by atoms with Gasteiger partial charge in [0.25, 0.3) is 11.8 Å². The van der Waals surface area contributed by atoms with Crippen molar-refractivity contribution in [3.05, 3.63) is 77.5 Å². The summed E-state index contributed by atoms with van der Waals surface area (Å²) in [5, 5.41) is 8.84. The Hall–Kier alpha value is -3.91. The van der Waals surface area contributed by atoms with E-state index < -0.39 is 5.91 Å². The average molecular weight is 417 g/mol. The molecular weight excluding hydrogens is 398 g/mol. The van der Waals surface area contributed by atoms with E-state index in [0.717, 1.165) is 33.4 Å². The lowest BCUT2D eigenvalue weighted by atomic mass is 10.1. The van der Waals surface area contributed by atoms with Gasteiger partial charge in [-0.3, -0.25) is 9.59 Å². The van der Waals surface area contributed by atoms with E-state index in [1.165, 1.54) is 0 Å². The fourth-order valence-corrected chi connectivity index (χ4v) is 4.01. The van der Waals surface area contributed by atoms with Crippen LogP contribution in [0.25, 0.3) is 10.8 Å². The van der Waals surface area contributed by atoms with Crippen LogP contribution in [0.2, 0.25) is 0 Å². The molecular formula is C22H19N5O2S. The van der Waals surface area contributed by atoms with Gasteiger partial charge in [0.05, 0.1) is 0 Å². The van der Waals surface area contributed by atoms with Crippen LogP contribution in [0.5, 0.6) is 0 Å². The molecule has 0 saturated carbocycles. The third kappa shape index (κ3) is 3.94. The van der Waals surface area contributed by atoms with Gasteiger partial charge in [-0.25, -0.2) is 4.98 Å². The van der Waals surface area contributed by atoms with Gasteiger partial charge in [0.2, 0.25) is 0 Å². The van der Waals surface area contributed by atoms with Crippen molar-refractivity contribution >= 4 is 55.4 Å². The van der Waals surface area contributed by atoms with Gasteiger partial charge in [-0.05, 0) is 53.6 Å². The number of primary amides is 1. The Balaban J connectivity index is 1.61. The topological polar surface area (TPSA) is 123 Å². The lowest BCUT2D eigenvalue weighted by Crippen LogP contribution is -2.18. The zero-order valence-electron chi connectivity index (χ0n) is 16.1. The van der Waals surface area contributed by atoms with Gasteiger partial charge in [0.15, 0.2) is 10.8 Å². The average Bonchev–Trinajstić information content (AvgIpc) is 3.10. The monoisotopic (exact) mass is 417 g/mol. The number of nitrogens with two attached hydrogens (primary N) is 2. The first-order valence-electron chi connectivity index (χ1n) is 9.14. The highest BCUT2D eigenvalue weighted by Gasteiger charge is 2.19. The van der Waals surface area contributed by atoms with Crippen molar-refractivity contribution in [1.29, 1.82) is 0 Å². The lowest BCUT2D eigenvalue weighted by Gasteiger charge is -2.07. The van der Waals surface area contributed by atoms with Crippen molar-refractivity contribution in [3.8, 4) is 0 Å². The molecule has 0 fully saturated rings. The Morgan fingerprint density at radius 2 is 1.77 bits per heavy atom. The molecule has 0 unspecified atom stereocenters. The SMILES string of the molecule is Cc1cc(N)ccc1C(=O)Nc1sc(Nc2ccc3ccccc3c2)nc1C(N)=O. The fourth-order valence-electron chi connectivity index (χ4n) is 3.13. The minimum absolute atomic E-state index is 0.00439. The minimum Gasteiger partial charge on any atom is -0.399 e. The van der Waals surface area contributed by atoms with Gasteiger partial charge >= 0.3 is 0 Å². The number of carbonyl (C=O) groups is 2. The van der Waals surface area contributed by atoms with E-state index in [0.29, 0.717) is 16.4 Å². The molecule has 7 nitrogen and oxygen atoms in total. The van der Waals surface area contributed by atoms with Gasteiger partial charge in [-0.15, -0.1) is 0 Å². The molecule has 4 aromatic rings. The summed E-state index contributed by atoms with van der Waals surface area (Å²) in [5.74, 6) is -1.09. The molecule has 150 valence electrons. The number of nitrogen functional groups attached to an aromatic ring is 1. The molecule has 1 heterocycles. The number of nitrogens with one attached hydrogen (secondary N) is 2. The van der Waals surface area contributed by atoms with Crippen molar-refractivity contribution in [2.75, 3.05) is 16.4 Å². The Bertz CT molecular complexity index is 1280. The summed E-state index contributed by atoms with van der Waals surface area (Å²) in [6.07, 6.45) is 0. The molecule has 0 saturated heterocycles. The number of aromatic nitrogens is 1. The van der Waals surface area contributed by atoms with Crippen LogP contribution in [-0.4, -0.2) is 16.8 Å². The second-order valence-electron chi connectivity index (χ2n) is 6.78. The number of benzene rings is 3. The van der Waals surface area contributed by atoms with E-state index >= 15 is 0 Å². The number of hydrogen-bond acceptors (Lipinski definition) is 6. The third-order valence-corrected chi connectivity index (χ3v) is 5.47. The first-order valence-corrected chi connectivity index (χ1v) is 9.96. The van der Waals surface area contributed by atoms with E-state index in [9.17, 15) is 9.59 Å². The Labute approximate surface area is 176 Å². The van der Waals surface area contributed by atoms with Gasteiger partial charge in [0, 0.05) is 16.9 Å². The summed E-state index contributed by atoms with van der Waals surface area (Å²) in [6, 6.07) is 18.9. The van der Waals surface area contributed by atoms with Crippen molar-refractivity contribution in [1.82, 2.24) is 4.98 Å². The van der Waals surface area contributed by atoms with Gasteiger partial charge in [-0.2, -0.15) is 0 Å². The highest BCUT2D eigenvalue weighted by Crippen LogP contribution is 2.32. The second-order valence-corrected chi connectivity index (χ2v) is 7.78. The van der Waals surface area contributed by atoms with Crippen molar-refractivity contribution in [2.45, 2.75) is 6.92 Å². The Morgan fingerprint density at radius 1 is 1.00 bits per heavy atom. The number of amides is 2. The summed E-state index contributed by atoms with van der Waals surface area (Å²) >= 11 is 1.14. The number of rotatable bonds is 5. The summed E-state index contributed by atoms with van der Waals surface area (Å²) in [7, 11) is 0. The van der Waals surface area contributed by atoms with Crippen LogP contribution in [0, 0.1) is 6.92 Å². The van der Waals surface area contributed by atoms with Crippen LogP contribution in [0.3, 0.4) is 0 Å². The molecule has 0 aliphatic rings. The predicted molar refractivity (Wildman–Crippen MR) is 121 cm³/mol. The largest absolute Gasteiger partial charge is 0.399 e. The number of carbonyl (C=O) groups excluding carboxylic acids is 2. The number of hydrogen-bond donors (Lipinski definition) is 4. The Kier molecular flexibility index (Phi) is 5.07. The standard InChI is InChI=1S/C22H19N5O2S/c1-12-10-15(23)7-9-17(12)20(29)27-21-18(19(24)28)26-22(30-21)25-16-8-6-13-4-2-3-5-14(13)11-16/h2-11H,23H2,1H3,(H2,24,28)(H,25,26)(H,27,29). The molecule has 0 radical (unpaired) electrons. The Morgan fingerprint density at radius 3 is 2.50 bits per heavy atom. The van der Waals surface area contributed by atoms with Crippen LogP contribution in [0.4, 0.5) is 21.5 Å². The fraction of sp³-hybridized carbons (Fsp3) is 0.0455. The first-order chi connectivity index (χ1) is 14.4. The number of anilines is 4. The predicted octanol–water partition coefficient (Wildman–Crippen LogP) is 4.28. The van der Waals surface area contributed by atoms with Gasteiger partial charge < -0.3 is 22.1 Å². The molecule has 0 spiro atoms. The van der Waals surface area contributed by atoms with Gasteiger partial charge in [-0.1, -0.05) is 41.7 Å². The van der Waals surface area contributed by atoms with Crippen molar-refractivity contribution in [2.24, 2.45) is 5.73 Å². The highest BCUT2D eigenvalue weighted by molar-refractivity contribution is 7.20. The maximum absolute atomic E-state index is 12.7. The number of nitrogens with zero attached hydrogens (tertiary/aromatic N) is 1. The number of fused-ring (bicyclic) bond motifs is 1. The summed E-state index contributed by atoms with van der Waals surface area (Å²) in [5.41, 5.74) is 13.8. The molecule has 0 aliphatic carbocycles. The van der Waals surface area contributed by atoms with Crippen LogP contribution >= 0.6 is 11.3 Å². The summed E-state index contributed by atoms with van der Waals surface area (Å²) in [4.78, 5) is 28.8. The van der Waals surface area contributed by atoms with Crippen LogP contribution in [0.15, 0.2) is 60.7 Å². The lowest BCUT2D eigenvalue weighted by molar-refractivity contribution is 0.0997. The molecule has 4 rings (SSSR count). The van der Waals surface area contributed by atoms with E-state index in [1.807, 2.05) is 42.5 Å². The van der Waals surface area contributed by atoms with Gasteiger partial charge in [0.1, 0.15) is 5.00 Å². The van der Waals surface area contributed by atoms with E-state index in [4.69, 9.17) is 11.5 Å². The zero-order chi connectivity index (χ0) is 21.3. The number of thiazole rings is 1. The molecule has 30 heavy (non-hydrogen) atoms. The molecule has 0 atom stereocenters. The zero-order valence-corrected chi connectivity index (χ0v) is 16.9. The molecule has 0 bridgehead atoms. The first kappa shape index (κ1) is 19.4. The quantitative estimate of drug-likeness (QED) is 0.361. The normalized spacial score (nSPS) is 10.7. The van der Waals surface area contributed by atoms with E-state index in [2.05, 4.69) is 15.6 Å². The highest BCUT2D eigenvalue weighted by atomic mass is 32.1. The maximum Gasteiger partial charge on any atom is 0.270 e. The number of aryl methyl sites for hydroxylation is 1. The smallest absolute Gasteiger partial charge is 0.270 e. The van der Waals surface area contributed by atoms with Crippen molar-refractivity contribution < 1.29 is 9.59 Å². The second kappa shape index (κ2) is 7.84. The maximum atomic E-state index is 12.7.